The Balaban J connectivity index is 1.33. The lowest BCUT2D eigenvalue weighted by molar-refractivity contribution is -0.162. The van der Waals surface area contributed by atoms with Crippen LogP contribution in [0.4, 0.5) is 30.5 Å². The van der Waals surface area contributed by atoms with Gasteiger partial charge in [0.2, 0.25) is 5.95 Å². The number of carbonyl (C=O) groups excluding carboxylic acids is 1. The predicted molar refractivity (Wildman–Crippen MR) is 134 cm³/mol. The minimum atomic E-state index is -4.41. The zero-order valence-corrected chi connectivity index (χ0v) is 20.1. The van der Waals surface area contributed by atoms with Gasteiger partial charge in [-0.1, -0.05) is 12.1 Å². The molecule has 5 rings (SSSR count). The Morgan fingerprint density at radius 2 is 1.95 bits per heavy atom. The minimum absolute atomic E-state index is 0.0828. The predicted octanol–water partition coefficient (Wildman–Crippen LogP) is 3.66. The molecule has 2 heterocycles. The van der Waals surface area contributed by atoms with Crippen molar-refractivity contribution in [1.82, 2.24) is 25.0 Å². The molecule has 1 saturated heterocycles. The third-order valence-electron chi connectivity index (χ3n) is 6.71. The van der Waals surface area contributed by atoms with E-state index in [9.17, 15) is 18.0 Å². The third kappa shape index (κ3) is 5.01. The summed E-state index contributed by atoms with van der Waals surface area (Å²) in [6, 6.07) is 8.43. The highest BCUT2D eigenvalue weighted by Gasteiger charge is 2.43. The number of aromatic nitrogens is 3. The first-order valence-corrected chi connectivity index (χ1v) is 12.0. The number of anilines is 3. The van der Waals surface area contributed by atoms with Gasteiger partial charge >= 0.3 is 6.18 Å². The second kappa shape index (κ2) is 9.51. The molecule has 2 aliphatic rings. The van der Waals surface area contributed by atoms with Crippen LogP contribution in [0, 0.1) is 5.41 Å². The van der Waals surface area contributed by atoms with Crippen LogP contribution >= 0.6 is 0 Å². The molecule has 0 radical (unpaired) electrons. The molecule has 1 saturated carbocycles. The van der Waals surface area contributed by atoms with E-state index < -0.39 is 24.7 Å². The fraction of sp³-hybridized carbons (Fsp3) is 0.360. The molecule has 1 amide bonds. The number of rotatable bonds is 6. The summed E-state index contributed by atoms with van der Waals surface area (Å²) in [5.41, 5.74) is 10.1. The monoisotopic (exact) mass is 512 g/mol. The zero-order chi connectivity index (χ0) is 26.3. The van der Waals surface area contributed by atoms with Crippen molar-refractivity contribution in [2.75, 3.05) is 30.7 Å². The molecular weight excluding hydrogens is 485 g/mol. The molecule has 9 nitrogen and oxygen atoms in total. The Hall–Kier alpha value is -3.93. The van der Waals surface area contributed by atoms with Crippen molar-refractivity contribution in [2.24, 2.45) is 7.05 Å². The van der Waals surface area contributed by atoms with Crippen LogP contribution in [0.1, 0.15) is 40.2 Å². The smallest absolute Gasteiger partial charge is 0.398 e. The first kappa shape index (κ1) is 24.8. The highest BCUT2D eigenvalue weighted by atomic mass is 19.4. The highest BCUT2D eigenvalue weighted by Crippen LogP contribution is 2.46. The average Bonchev–Trinajstić information content (AvgIpc) is 3.66. The average molecular weight is 513 g/mol. The quantitative estimate of drug-likeness (QED) is 0.295. The van der Waals surface area contributed by atoms with Crippen molar-refractivity contribution in [1.29, 1.82) is 5.41 Å². The first-order valence-electron chi connectivity index (χ1n) is 12.0. The molecule has 1 aliphatic heterocycles. The van der Waals surface area contributed by atoms with Gasteiger partial charge in [0.15, 0.2) is 5.82 Å². The summed E-state index contributed by atoms with van der Waals surface area (Å²) in [5, 5.41) is 18.0. The summed E-state index contributed by atoms with van der Waals surface area (Å²) < 4.78 is 40.8. The van der Waals surface area contributed by atoms with E-state index in [-0.39, 0.29) is 13.1 Å². The fourth-order valence-corrected chi connectivity index (χ4v) is 4.57. The van der Waals surface area contributed by atoms with E-state index in [2.05, 4.69) is 20.7 Å². The number of nitrogen functional groups attached to an aromatic ring is 1. The SMILES string of the molecule is Cn1nc(-c2ccc(C(=O)N3CCNC(C(F)(F)F)C3)cc2)nc1Nc1ccc(N)c(C=N)c1C1CC1. The van der Waals surface area contributed by atoms with Crippen LogP contribution in [0.25, 0.3) is 11.4 Å². The number of nitrogens with one attached hydrogen (secondary N) is 3. The van der Waals surface area contributed by atoms with E-state index in [1.54, 1.807) is 42.1 Å². The normalized spacial score (nSPS) is 18.1. The van der Waals surface area contributed by atoms with Crippen molar-refractivity contribution in [3.05, 3.63) is 53.1 Å². The van der Waals surface area contributed by atoms with Crippen molar-refractivity contribution in [3.8, 4) is 11.4 Å². The molecule has 3 aromatic rings. The van der Waals surface area contributed by atoms with Gasteiger partial charge in [0, 0.05) is 61.0 Å². The van der Waals surface area contributed by atoms with Crippen LogP contribution < -0.4 is 16.4 Å². The van der Waals surface area contributed by atoms with Gasteiger partial charge in [-0.2, -0.15) is 18.2 Å². The van der Waals surface area contributed by atoms with E-state index in [4.69, 9.17) is 11.1 Å². The van der Waals surface area contributed by atoms with E-state index in [0.29, 0.717) is 40.1 Å². The summed E-state index contributed by atoms with van der Waals surface area (Å²) in [7, 11) is 1.75. The van der Waals surface area contributed by atoms with E-state index in [1.165, 1.54) is 11.1 Å². The van der Waals surface area contributed by atoms with Gasteiger partial charge in [0.1, 0.15) is 6.04 Å². The van der Waals surface area contributed by atoms with E-state index in [1.807, 2.05) is 6.07 Å². The molecule has 2 fully saturated rings. The first-order chi connectivity index (χ1) is 17.7. The molecular formula is C25H27F3N8O. The number of nitrogens with two attached hydrogens (primary N) is 1. The summed E-state index contributed by atoms with van der Waals surface area (Å²) in [6.07, 6.45) is -1.05. The number of benzene rings is 2. The summed E-state index contributed by atoms with van der Waals surface area (Å²) >= 11 is 0. The Morgan fingerprint density at radius 1 is 1.22 bits per heavy atom. The van der Waals surface area contributed by atoms with Crippen LogP contribution in [0.15, 0.2) is 36.4 Å². The molecule has 0 bridgehead atoms. The minimum Gasteiger partial charge on any atom is -0.398 e. The van der Waals surface area contributed by atoms with Gasteiger partial charge < -0.3 is 26.7 Å². The van der Waals surface area contributed by atoms with Gasteiger partial charge in [0.25, 0.3) is 5.91 Å². The lowest BCUT2D eigenvalue weighted by Gasteiger charge is -2.34. The standard InChI is InChI=1S/C25H27F3N8O/c1-35-24(32-19-9-8-18(30)17(12-29)21(19)14-2-3-14)33-22(34-35)15-4-6-16(7-5-15)23(37)36-11-10-31-20(13-36)25(26,27)28/h4-9,12,14,20,29,31H,2-3,10-11,13,30H2,1H3,(H,32,33,34). The van der Waals surface area contributed by atoms with E-state index >= 15 is 0 Å². The third-order valence-corrected chi connectivity index (χ3v) is 6.71. The molecule has 1 unspecified atom stereocenters. The Kier molecular flexibility index (Phi) is 6.36. The molecule has 1 atom stereocenters. The highest BCUT2D eigenvalue weighted by molar-refractivity contribution is 5.95. The summed E-state index contributed by atoms with van der Waals surface area (Å²) in [5.74, 6) is 0.829. The van der Waals surface area contributed by atoms with Gasteiger partial charge in [-0.05, 0) is 48.6 Å². The number of amides is 1. The van der Waals surface area contributed by atoms with Gasteiger partial charge in [-0.15, -0.1) is 5.10 Å². The van der Waals surface area contributed by atoms with Crippen LogP contribution in [-0.4, -0.2) is 63.6 Å². The van der Waals surface area contributed by atoms with Gasteiger partial charge in [-0.25, -0.2) is 4.68 Å². The molecule has 194 valence electrons. The van der Waals surface area contributed by atoms with Crippen molar-refractivity contribution >= 4 is 29.4 Å². The number of carbonyl (C=O) groups is 1. The maximum atomic E-state index is 13.1. The van der Waals surface area contributed by atoms with Crippen LogP contribution in [-0.2, 0) is 7.05 Å². The molecule has 1 aliphatic carbocycles. The molecule has 0 spiro atoms. The maximum absolute atomic E-state index is 13.1. The summed E-state index contributed by atoms with van der Waals surface area (Å²) in [6.45, 7) is -0.133. The van der Waals surface area contributed by atoms with Crippen LogP contribution in [0.2, 0.25) is 0 Å². The molecule has 37 heavy (non-hydrogen) atoms. The number of hydrogen-bond donors (Lipinski definition) is 4. The fourth-order valence-electron chi connectivity index (χ4n) is 4.57. The number of piperazine rings is 1. The number of aryl methyl sites for hydroxylation is 1. The number of alkyl halides is 3. The second-order valence-corrected chi connectivity index (χ2v) is 9.33. The lowest BCUT2D eigenvalue weighted by atomic mass is 10.00. The molecule has 5 N–H and O–H groups in total. The van der Waals surface area contributed by atoms with E-state index in [0.717, 1.165) is 24.1 Å². The zero-order valence-electron chi connectivity index (χ0n) is 20.1. The number of hydrogen-bond acceptors (Lipinski definition) is 7. The number of nitrogens with zero attached hydrogens (tertiary/aromatic N) is 4. The van der Waals surface area contributed by atoms with Crippen LogP contribution in [0.3, 0.4) is 0 Å². The number of halogens is 3. The molecule has 2 aromatic carbocycles. The summed E-state index contributed by atoms with van der Waals surface area (Å²) in [4.78, 5) is 18.6. The Labute approximate surface area is 211 Å². The molecule has 12 heteroatoms. The van der Waals surface area contributed by atoms with Crippen LogP contribution in [0.5, 0.6) is 0 Å². The topological polar surface area (TPSA) is 125 Å². The Bertz CT molecular complexity index is 1330. The Morgan fingerprint density at radius 3 is 2.59 bits per heavy atom. The second-order valence-electron chi connectivity index (χ2n) is 9.33. The molecule has 1 aromatic heterocycles. The lowest BCUT2D eigenvalue weighted by Crippen LogP contribution is -2.58. The maximum Gasteiger partial charge on any atom is 0.405 e. The van der Waals surface area contributed by atoms with Gasteiger partial charge in [0.05, 0.1) is 0 Å². The van der Waals surface area contributed by atoms with Crippen molar-refractivity contribution in [2.45, 2.75) is 31.0 Å². The van der Waals surface area contributed by atoms with Crippen molar-refractivity contribution in [3.63, 3.8) is 0 Å². The van der Waals surface area contributed by atoms with Crippen molar-refractivity contribution < 1.29 is 18.0 Å². The largest absolute Gasteiger partial charge is 0.405 e. The van der Waals surface area contributed by atoms with Gasteiger partial charge in [-0.3, -0.25) is 4.79 Å².